The van der Waals surface area contributed by atoms with Gasteiger partial charge in [0.05, 0.1) is 0 Å². The standard InChI is InChI=1S/C13H14FNS/c1-2-15-7-11-8-16-9-13(11)10-3-5-12(14)6-4-10/h3-6,8-9,15H,2,7H2,1H3. The van der Waals surface area contributed by atoms with Gasteiger partial charge in [-0.1, -0.05) is 19.1 Å². The Morgan fingerprint density at radius 3 is 2.62 bits per heavy atom. The Balaban J connectivity index is 2.26. The Hall–Kier alpha value is -1.19. The average Bonchev–Trinajstić information content (AvgIpc) is 2.75. The van der Waals surface area contributed by atoms with Gasteiger partial charge in [0, 0.05) is 6.54 Å². The van der Waals surface area contributed by atoms with Gasteiger partial charge in [0.25, 0.3) is 0 Å². The van der Waals surface area contributed by atoms with Crippen LogP contribution < -0.4 is 5.32 Å². The van der Waals surface area contributed by atoms with Crippen LogP contribution in [-0.2, 0) is 6.54 Å². The molecule has 2 rings (SSSR count). The maximum atomic E-state index is 12.8. The summed E-state index contributed by atoms with van der Waals surface area (Å²) in [5, 5.41) is 7.56. The molecule has 1 heterocycles. The van der Waals surface area contributed by atoms with Gasteiger partial charge in [-0.2, -0.15) is 11.3 Å². The second kappa shape index (κ2) is 5.23. The van der Waals surface area contributed by atoms with Crippen LogP contribution in [0.5, 0.6) is 0 Å². The Bertz CT molecular complexity index is 447. The Kier molecular flexibility index (Phi) is 3.70. The van der Waals surface area contributed by atoms with Crippen LogP contribution in [0.1, 0.15) is 12.5 Å². The summed E-state index contributed by atoms with van der Waals surface area (Å²) in [6, 6.07) is 6.66. The van der Waals surface area contributed by atoms with Gasteiger partial charge in [0.2, 0.25) is 0 Å². The van der Waals surface area contributed by atoms with Gasteiger partial charge in [-0.25, -0.2) is 4.39 Å². The van der Waals surface area contributed by atoms with E-state index in [0.717, 1.165) is 18.7 Å². The molecule has 0 fully saturated rings. The molecule has 0 aliphatic carbocycles. The van der Waals surface area contributed by atoms with E-state index >= 15 is 0 Å². The Labute approximate surface area is 98.9 Å². The lowest BCUT2D eigenvalue weighted by Crippen LogP contribution is -2.11. The van der Waals surface area contributed by atoms with Crippen LogP contribution in [0.4, 0.5) is 4.39 Å². The molecule has 0 radical (unpaired) electrons. The van der Waals surface area contributed by atoms with E-state index in [2.05, 4.69) is 23.0 Å². The van der Waals surface area contributed by atoms with E-state index in [0.29, 0.717) is 0 Å². The van der Waals surface area contributed by atoms with Crippen molar-refractivity contribution in [2.45, 2.75) is 13.5 Å². The summed E-state index contributed by atoms with van der Waals surface area (Å²) >= 11 is 1.68. The molecule has 0 bridgehead atoms. The number of benzene rings is 1. The van der Waals surface area contributed by atoms with Crippen molar-refractivity contribution in [2.75, 3.05) is 6.54 Å². The van der Waals surface area contributed by atoms with E-state index in [1.54, 1.807) is 11.3 Å². The fourth-order valence-corrected chi connectivity index (χ4v) is 2.47. The van der Waals surface area contributed by atoms with Crippen LogP contribution in [0.15, 0.2) is 35.0 Å². The lowest BCUT2D eigenvalue weighted by Gasteiger charge is -2.04. The van der Waals surface area contributed by atoms with E-state index in [-0.39, 0.29) is 5.82 Å². The highest BCUT2D eigenvalue weighted by Crippen LogP contribution is 2.27. The van der Waals surface area contributed by atoms with Crippen molar-refractivity contribution in [3.63, 3.8) is 0 Å². The first kappa shape index (κ1) is 11.3. The van der Waals surface area contributed by atoms with Gasteiger partial charge >= 0.3 is 0 Å². The summed E-state index contributed by atoms with van der Waals surface area (Å²) in [5.74, 6) is -0.188. The van der Waals surface area contributed by atoms with E-state index in [9.17, 15) is 4.39 Å². The molecule has 16 heavy (non-hydrogen) atoms. The molecule has 0 saturated heterocycles. The van der Waals surface area contributed by atoms with Crippen LogP contribution in [0, 0.1) is 5.82 Å². The fourth-order valence-electron chi connectivity index (χ4n) is 1.60. The molecule has 0 unspecified atom stereocenters. The maximum Gasteiger partial charge on any atom is 0.123 e. The normalized spacial score (nSPS) is 10.6. The van der Waals surface area contributed by atoms with E-state index < -0.39 is 0 Å². The molecule has 1 N–H and O–H groups in total. The van der Waals surface area contributed by atoms with Crippen molar-refractivity contribution in [3.05, 3.63) is 46.4 Å². The van der Waals surface area contributed by atoms with Crippen molar-refractivity contribution >= 4 is 11.3 Å². The number of nitrogens with one attached hydrogen (secondary N) is 1. The minimum absolute atomic E-state index is 0.188. The smallest absolute Gasteiger partial charge is 0.123 e. The van der Waals surface area contributed by atoms with Crippen molar-refractivity contribution in [1.82, 2.24) is 5.32 Å². The molecule has 1 aromatic heterocycles. The summed E-state index contributed by atoms with van der Waals surface area (Å²) in [5.41, 5.74) is 3.56. The van der Waals surface area contributed by atoms with E-state index in [1.165, 1.54) is 23.3 Å². The van der Waals surface area contributed by atoms with Gasteiger partial charge in [0.15, 0.2) is 0 Å². The molecule has 3 heteroatoms. The first-order valence-corrected chi connectivity index (χ1v) is 6.27. The van der Waals surface area contributed by atoms with Crippen LogP contribution >= 0.6 is 11.3 Å². The molecule has 0 aliphatic heterocycles. The number of thiophene rings is 1. The number of halogens is 1. The monoisotopic (exact) mass is 235 g/mol. The molecule has 0 amide bonds. The second-order valence-electron chi connectivity index (χ2n) is 3.60. The summed E-state index contributed by atoms with van der Waals surface area (Å²) in [7, 11) is 0. The Morgan fingerprint density at radius 1 is 1.19 bits per heavy atom. The zero-order chi connectivity index (χ0) is 11.4. The van der Waals surface area contributed by atoms with Crippen LogP contribution in [0.2, 0.25) is 0 Å². The number of hydrogen-bond acceptors (Lipinski definition) is 2. The highest BCUT2D eigenvalue weighted by Gasteiger charge is 2.05. The van der Waals surface area contributed by atoms with Gasteiger partial charge < -0.3 is 5.32 Å². The highest BCUT2D eigenvalue weighted by atomic mass is 32.1. The number of rotatable bonds is 4. The largest absolute Gasteiger partial charge is 0.313 e. The molecule has 84 valence electrons. The molecular weight excluding hydrogens is 221 g/mol. The zero-order valence-corrected chi connectivity index (χ0v) is 9.98. The molecular formula is C13H14FNS. The maximum absolute atomic E-state index is 12.8. The second-order valence-corrected chi connectivity index (χ2v) is 4.34. The van der Waals surface area contributed by atoms with Crippen molar-refractivity contribution in [2.24, 2.45) is 0 Å². The minimum atomic E-state index is -0.188. The van der Waals surface area contributed by atoms with E-state index in [4.69, 9.17) is 0 Å². The van der Waals surface area contributed by atoms with Crippen LogP contribution in [-0.4, -0.2) is 6.54 Å². The summed E-state index contributed by atoms with van der Waals surface area (Å²) in [4.78, 5) is 0. The van der Waals surface area contributed by atoms with Crippen molar-refractivity contribution < 1.29 is 4.39 Å². The highest BCUT2D eigenvalue weighted by molar-refractivity contribution is 7.08. The molecule has 0 atom stereocenters. The third-order valence-electron chi connectivity index (χ3n) is 2.46. The first-order chi connectivity index (χ1) is 7.81. The topological polar surface area (TPSA) is 12.0 Å². The minimum Gasteiger partial charge on any atom is -0.313 e. The molecule has 2 aromatic rings. The summed E-state index contributed by atoms with van der Waals surface area (Å²) in [6.45, 7) is 3.91. The molecule has 0 saturated carbocycles. The van der Waals surface area contributed by atoms with Gasteiger partial charge in [-0.05, 0) is 46.1 Å². The first-order valence-electron chi connectivity index (χ1n) is 5.33. The number of hydrogen-bond donors (Lipinski definition) is 1. The fraction of sp³-hybridized carbons (Fsp3) is 0.231. The predicted molar refractivity (Wildman–Crippen MR) is 67.1 cm³/mol. The van der Waals surface area contributed by atoms with Crippen molar-refractivity contribution in [1.29, 1.82) is 0 Å². The lowest BCUT2D eigenvalue weighted by atomic mass is 10.0. The van der Waals surface area contributed by atoms with Gasteiger partial charge in [-0.15, -0.1) is 0 Å². The quantitative estimate of drug-likeness (QED) is 0.852. The summed E-state index contributed by atoms with van der Waals surface area (Å²) < 4.78 is 12.8. The third-order valence-corrected chi connectivity index (χ3v) is 3.26. The van der Waals surface area contributed by atoms with Crippen LogP contribution in [0.25, 0.3) is 11.1 Å². The Morgan fingerprint density at radius 2 is 1.94 bits per heavy atom. The molecule has 0 aliphatic rings. The van der Waals surface area contributed by atoms with Crippen molar-refractivity contribution in [3.8, 4) is 11.1 Å². The van der Waals surface area contributed by atoms with Gasteiger partial charge in [-0.3, -0.25) is 0 Å². The van der Waals surface area contributed by atoms with Crippen LogP contribution in [0.3, 0.4) is 0 Å². The SMILES string of the molecule is CCNCc1cscc1-c1ccc(F)cc1. The van der Waals surface area contributed by atoms with Gasteiger partial charge in [0.1, 0.15) is 5.82 Å². The molecule has 1 aromatic carbocycles. The average molecular weight is 235 g/mol. The molecule has 1 nitrogen and oxygen atoms in total. The zero-order valence-electron chi connectivity index (χ0n) is 9.16. The third kappa shape index (κ3) is 2.49. The summed E-state index contributed by atoms with van der Waals surface area (Å²) in [6.07, 6.45) is 0. The lowest BCUT2D eigenvalue weighted by molar-refractivity contribution is 0.628. The predicted octanol–water partition coefficient (Wildman–Crippen LogP) is 3.66. The molecule has 0 spiro atoms. The van der Waals surface area contributed by atoms with E-state index in [1.807, 2.05) is 12.1 Å².